The summed E-state index contributed by atoms with van der Waals surface area (Å²) in [6.45, 7) is 1.06. The van der Waals surface area contributed by atoms with Gasteiger partial charge in [0.2, 0.25) is 5.95 Å². The first-order chi connectivity index (χ1) is 9.31. The molecule has 1 unspecified atom stereocenters. The Hall–Kier alpha value is -1.22. The molecule has 1 aromatic heterocycles. The molecule has 0 saturated carbocycles. The average Bonchev–Trinajstić information content (AvgIpc) is 2.64. The van der Waals surface area contributed by atoms with Gasteiger partial charge in [-0.1, -0.05) is 25.0 Å². The predicted molar refractivity (Wildman–Crippen MR) is 81.0 cm³/mol. The largest absolute Gasteiger partial charge is 0.338 e. The number of halogens is 1. The topological polar surface area (TPSA) is 21.1 Å². The first-order valence-electron chi connectivity index (χ1n) is 7.05. The molecule has 2 heterocycles. The van der Waals surface area contributed by atoms with E-state index in [4.69, 9.17) is 16.6 Å². The monoisotopic (exact) mass is 277 g/mol. The molecule has 102 valence electrons. The first-order valence-corrected chi connectivity index (χ1v) is 7.59. The Balaban J connectivity index is 2.03. The fourth-order valence-electron chi connectivity index (χ4n) is 2.99. The Labute approximate surface area is 119 Å². The molecule has 3 rings (SSSR count). The van der Waals surface area contributed by atoms with Gasteiger partial charge in [0.1, 0.15) is 0 Å². The Kier molecular flexibility index (Phi) is 3.65. The summed E-state index contributed by atoms with van der Waals surface area (Å²) in [5.41, 5.74) is 2.26. The fourth-order valence-corrected chi connectivity index (χ4v) is 3.31. The van der Waals surface area contributed by atoms with Crippen molar-refractivity contribution in [1.82, 2.24) is 9.55 Å². The highest BCUT2D eigenvalue weighted by Crippen LogP contribution is 2.27. The zero-order valence-corrected chi connectivity index (χ0v) is 12.1. The molecule has 1 aliphatic rings. The third-order valence-corrected chi connectivity index (χ3v) is 4.43. The first kappa shape index (κ1) is 12.8. The maximum absolute atomic E-state index is 6.17. The van der Waals surface area contributed by atoms with E-state index in [1.165, 1.54) is 31.2 Å². The van der Waals surface area contributed by atoms with Crippen molar-refractivity contribution in [3.63, 3.8) is 0 Å². The third kappa shape index (κ3) is 2.32. The van der Waals surface area contributed by atoms with E-state index in [1.807, 2.05) is 6.07 Å². The molecule has 1 fully saturated rings. The van der Waals surface area contributed by atoms with Crippen molar-refractivity contribution in [2.24, 2.45) is 7.05 Å². The van der Waals surface area contributed by atoms with Gasteiger partial charge in [0, 0.05) is 25.5 Å². The summed E-state index contributed by atoms with van der Waals surface area (Å²) < 4.78 is 2.19. The van der Waals surface area contributed by atoms with Crippen LogP contribution in [-0.2, 0) is 7.05 Å². The zero-order chi connectivity index (χ0) is 13.2. The number of hydrogen-bond acceptors (Lipinski definition) is 2. The second-order valence-electron chi connectivity index (χ2n) is 5.31. The van der Waals surface area contributed by atoms with E-state index >= 15 is 0 Å². The smallest absolute Gasteiger partial charge is 0.206 e. The molecule has 1 aromatic carbocycles. The number of hydrogen-bond donors (Lipinski definition) is 0. The van der Waals surface area contributed by atoms with Crippen molar-refractivity contribution in [2.45, 2.75) is 31.7 Å². The summed E-state index contributed by atoms with van der Waals surface area (Å²) in [6, 6.07) is 8.72. The van der Waals surface area contributed by atoms with Crippen LogP contribution in [0.3, 0.4) is 0 Å². The Bertz CT molecular complexity index is 564. The molecule has 1 saturated heterocycles. The average molecular weight is 278 g/mol. The summed E-state index contributed by atoms with van der Waals surface area (Å²) in [5.74, 6) is 1.75. The molecule has 1 atom stereocenters. The highest BCUT2D eigenvalue weighted by molar-refractivity contribution is 6.18. The lowest BCUT2D eigenvalue weighted by atomic mass is 10.1. The quantitative estimate of drug-likeness (QED) is 0.783. The lowest BCUT2D eigenvalue weighted by Gasteiger charge is -2.29. The van der Waals surface area contributed by atoms with Crippen LogP contribution in [-0.4, -0.2) is 28.0 Å². The minimum absolute atomic E-state index is 0.416. The number of anilines is 1. The second-order valence-corrected chi connectivity index (χ2v) is 5.62. The van der Waals surface area contributed by atoms with E-state index < -0.39 is 0 Å². The van der Waals surface area contributed by atoms with Crippen LogP contribution in [0.4, 0.5) is 5.95 Å². The lowest BCUT2D eigenvalue weighted by Crippen LogP contribution is -2.37. The minimum atomic E-state index is 0.416. The molecule has 0 amide bonds. The number of rotatable bonds is 2. The van der Waals surface area contributed by atoms with Crippen molar-refractivity contribution in [3.05, 3.63) is 24.3 Å². The minimum Gasteiger partial charge on any atom is -0.338 e. The summed E-state index contributed by atoms with van der Waals surface area (Å²) >= 11 is 6.17. The third-order valence-electron chi connectivity index (χ3n) is 4.08. The van der Waals surface area contributed by atoms with Gasteiger partial charge in [-0.15, -0.1) is 11.6 Å². The van der Waals surface area contributed by atoms with Crippen LogP contribution in [0.15, 0.2) is 24.3 Å². The number of para-hydroxylation sites is 2. The summed E-state index contributed by atoms with van der Waals surface area (Å²) in [4.78, 5) is 7.21. The number of benzene rings is 1. The molecule has 0 radical (unpaired) electrons. The second kappa shape index (κ2) is 5.41. The van der Waals surface area contributed by atoms with Crippen LogP contribution in [0.1, 0.15) is 25.7 Å². The molecular formula is C15H20ClN3. The van der Waals surface area contributed by atoms with Gasteiger partial charge < -0.3 is 9.47 Å². The number of aryl methyl sites for hydroxylation is 1. The van der Waals surface area contributed by atoms with Gasteiger partial charge in [0.15, 0.2) is 0 Å². The van der Waals surface area contributed by atoms with Crippen LogP contribution >= 0.6 is 11.6 Å². The van der Waals surface area contributed by atoms with Crippen LogP contribution in [0.25, 0.3) is 11.0 Å². The molecule has 0 aliphatic carbocycles. The molecular weight excluding hydrogens is 258 g/mol. The molecule has 1 aliphatic heterocycles. The van der Waals surface area contributed by atoms with Gasteiger partial charge in [0.05, 0.1) is 11.0 Å². The van der Waals surface area contributed by atoms with E-state index in [9.17, 15) is 0 Å². The number of alkyl halides is 1. The van der Waals surface area contributed by atoms with Crippen molar-refractivity contribution >= 4 is 28.6 Å². The molecule has 2 aromatic rings. The summed E-state index contributed by atoms with van der Waals surface area (Å²) in [6.07, 6.45) is 4.98. The molecule has 3 nitrogen and oxygen atoms in total. The van der Waals surface area contributed by atoms with Crippen LogP contribution < -0.4 is 4.90 Å². The molecule has 4 heteroatoms. The Morgan fingerprint density at radius 2 is 2.11 bits per heavy atom. The van der Waals surface area contributed by atoms with E-state index in [0.717, 1.165) is 18.0 Å². The number of nitrogens with zero attached hydrogens (tertiary/aromatic N) is 3. The van der Waals surface area contributed by atoms with Gasteiger partial charge in [0.25, 0.3) is 0 Å². The fraction of sp³-hybridized carbons (Fsp3) is 0.533. The van der Waals surface area contributed by atoms with Crippen molar-refractivity contribution in [1.29, 1.82) is 0 Å². The molecule has 0 bridgehead atoms. The Morgan fingerprint density at radius 1 is 1.26 bits per heavy atom. The normalized spacial score (nSPS) is 20.7. The van der Waals surface area contributed by atoms with Gasteiger partial charge >= 0.3 is 0 Å². The van der Waals surface area contributed by atoms with Crippen LogP contribution in [0.5, 0.6) is 0 Å². The molecule has 0 spiro atoms. The summed E-state index contributed by atoms with van der Waals surface area (Å²) in [7, 11) is 2.10. The van der Waals surface area contributed by atoms with Gasteiger partial charge in [-0.2, -0.15) is 0 Å². The van der Waals surface area contributed by atoms with E-state index in [1.54, 1.807) is 0 Å². The maximum atomic E-state index is 6.17. The zero-order valence-electron chi connectivity index (χ0n) is 11.3. The van der Waals surface area contributed by atoms with E-state index in [-0.39, 0.29) is 0 Å². The molecule has 19 heavy (non-hydrogen) atoms. The number of aromatic nitrogens is 2. The van der Waals surface area contributed by atoms with Crippen molar-refractivity contribution < 1.29 is 0 Å². The molecule has 0 N–H and O–H groups in total. The van der Waals surface area contributed by atoms with Gasteiger partial charge in [-0.3, -0.25) is 0 Å². The number of fused-ring (bicyclic) bond motifs is 1. The maximum Gasteiger partial charge on any atom is 0.206 e. The van der Waals surface area contributed by atoms with Crippen LogP contribution in [0.2, 0.25) is 0 Å². The number of imidazole rings is 1. The summed E-state index contributed by atoms with van der Waals surface area (Å²) in [5, 5.41) is 0. The lowest BCUT2D eigenvalue weighted by molar-refractivity contribution is 0.603. The van der Waals surface area contributed by atoms with E-state index in [2.05, 4.69) is 34.7 Å². The Morgan fingerprint density at radius 3 is 2.89 bits per heavy atom. The SMILES string of the molecule is Cn1c(N2CCCCCC2CCl)nc2ccccc21. The van der Waals surface area contributed by atoms with E-state index in [0.29, 0.717) is 11.9 Å². The standard InChI is InChI=1S/C15H20ClN3/c1-18-14-9-5-4-8-13(14)17-15(18)19-10-6-2-3-7-12(19)11-16/h4-5,8-9,12H,2-3,6-7,10-11H2,1H3. The predicted octanol–water partition coefficient (Wildman–Crippen LogP) is 3.56. The van der Waals surface area contributed by atoms with Crippen molar-refractivity contribution in [2.75, 3.05) is 17.3 Å². The van der Waals surface area contributed by atoms with Gasteiger partial charge in [-0.05, 0) is 25.0 Å². The van der Waals surface area contributed by atoms with Gasteiger partial charge in [-0.25, -0.2) is 4.98 Å². The van der Waals surface area contributed by atoms with Crippen molar-refractivity contribution in [3.8, 4) is 0 Å². The van der Waals surface area contributed by atoms with Crippen LogP contribution in [0, 0.1) is 0 Å². The highest BCUT2D eigenvalue weighted by Gasteiger charge is 2.24. The highest BCUT2D eigenvalue weighted by atomic mass is 35.5.